The van der Waals surface area contributed by atoms with Crippen LogP contribution < -0.4 is 15.4 Å². The second-order valence-corrected chi connectivity index (χ2v) is 4.89. The number of methoxy groups -OCH3 is 1. The minimum absolute atomic E-state index is 0. The van der Waals surface area contributed by atoms with E-state index >= 15 is 0 Å². The summed E-state index contributed by atoms with van der Waals surface area (Å²) in [5, 5.41) is 6.68. The van der Waals surface area contributed by atoms with Gasteiger partial charge in [0, 0.05) is 11.4 Å². The predicted molar refractivity (Wildman–Crippen MR) is 79.5 cm³/mol. The van der Waals surface area contributed by atoms with E-state index in [0.717, 1.165) is 19.5 Å². The average Bonchev–Trinajstić information content (AvgIpc) is 2.82. The summed E-state index contributed by atoms with van der Waals surface area (Å²) in [4.78, 5) is 11.9. The third-order valence-electron chi connectivity index (χ3n) is 3.07. The van der Waals surface area contributed by atoms with E-state index in [1.165, 1.54) is 0 Å². The average molecular weight is 305 g/mol. The van der Waals surface area contributed by atoms with Crippen LogP contribution >= 0.6 is 24.0 Å². The molecule has 1 atom stereocenters. The minimum atomic E-state index is 0. The third-order valence-corrected chi connectivity index (χ3v) is 3.31. The first kappa shape index (κ1) is 16.1. The Balaban J connectivity index is 0.00000180. The van der Waals surface area contributed by atoms with Crippen LogP contribution in [0.4, 0.5) is 5.69 Å². The molecule has 1 fully saturated rings. The highest BCUT2D eigenvalue weighted by molar-refractivity contribution is 6.31. The van der Waals surface area contributed by atoms with Gasteiger partial charge in [0.25, 0.3) is 0 Å². The van der Waals surface area contributed by atoms with E-state index in [-0.39, 0.29) is 18.3 Å². The number of halogens is 2. The van der Waals surface area contributed by atoms with Crippen LogP contribution in [0.1, 0.15) is 12.8 Å². The van der Waals surface area contributed by atoms with Crippen molar-refractivity contribution in [2.45, 2.75) is 12.8 Å². The molecule has 2 N–H and O–H groups in total. The lowest BCUT2D eigenvalue weighted by Gasteiger charge is -2.12. The summed E-state index contributed by atoms with van der Waals surface area (Å²) in [5.74, 6) is 1.05. The molecule has 0 radical (unpaired) electrons. The summed E-state index contributed by atoms with van der Waals surface area (Å²) in [6.45, 7) is 1.92. The number of benzene rings is 1. The first-order valence-corrected chi connectivity index (χ1v) is 6.41. The fourth-order valence-electron chi connectivity index (χ4n) is 2.13. The molecule has 1 unspecified atom stereocenters. The van der Waals surface area contributed by atoms with Crippen molar-refractivity contribution in [3.8, 4) is 5.75 Å². The van der Waals surface area contributed by atoms with E-state index in [4.69, 9.17) is 16.3 Å². The maximum atomic E-state index is 11.9. The van der Waals surface area contributed by atoms with Crippen LogP contribution in [0.15, 0.2) is 18.2 Å². The minimum Gasteiger partial charge on any atom is -0.495 e. The van der Waals surface area contributed by atoms with Gasteiger partial charge in [-0.3, -0.25) is 4.79 Å². The van der Waals surface area contributed by atoms with Crippen LogP contribution in [0.5, 0.6) is 5.75 Å². The second-order valence-electron chi connectivity index (χ2n) is 4.46. The van der Waals surface area contributed by atoms with Crippen molar-refractivity contribution in [1.82, 2.24) is 5.32 Å². The molecule has 106 valence electrons. The van der Waals surface area contributed by atoms with Crippen LogP contribution in [0.3, 0.4) is 0 Å². The van der Waals surface area contributed by atoms with Crippen molar-refractivity contribution >= 4 is 35.6 Å². The molecule has 1 aliphatic heterocycles. The molecule has 19 heavy (non-hydrogen) atoms. The van der Waals surface area contributed by atoms with Crippen molar-refractivity contribution in [1.29, 1.82) is 0 Å². The van der Waals surface area contributed by atoms with Gasteiger partial charge in [-0.1, -0.05) is 11.6 Å². The normalized spacial score (nSPS) is 17.7. The summed E-state index contributed by atoms with van der Waals surface area (Å²) >= 11 is 5.91. The topological polar surface area (TPSA) is 50.4 Å². The number of ether oxygens (including phenoxy) is 1. The summed E-state index contributed by atoms with van der Waals surface area (Å²) in [7, 11) is 1.57. The van der Waals surface area contributed by atoms with E-state index in [1.807, 2.05) is 0 Å². The van der Waals surface area contributed by atoms with Crippen molar-refractivity contribution in [2.75, 3.05) is 25.5 Å². The number of carbonyl (C=O) groups excluding carboxylic acids is 1. The molecule has 1 aromatic carbocycles. The van der Waals surface area contributed by atoms with Gasteiger partial charge in [-0.05, 0) is 43.6 Å². The number of hydrogen-bond acceptors (Lipinski definition) is 3. The molecule has 4 nitrogen and oxygen atoms in total. The Morgan fingerprint density at radius 2 is 2.37 bits per heavy atom. The molecule has 1 saturated heterocycles. The van der Waals surface area contributed by atoms with Gasteiger partial charge in [0.1, 0.15) is 5.75 Å². The largest absolute Gasteiger partial charge is 0.495 e. The number of nitrogens with one attached hydrogen (secondary N) is 2. The Labute approximate surface area is 124 Å². The van der Waals surface area contributed by atoms with Gasteiger partial charge in [-0.2, -0.15) is 0 Å². The zero-order valence-electron chi connectivity index (χ0n) is 10.7. The second kappa shape index (κ2) is 7.58. The van der Waals surface area contributed by atoms with Gasteiger partial charge in [-0.25, -0.2) is 0 Å². The van der Waals surface area contributed by atoms with E-state index in [2.05, 4.69) is 10.6 Å². The van der Waals surface area contributed by atoms with Crippen molar-refractivity contribution < 1.29 is 9.53 Å². The molecule has 6 heteroatoms. The fraction of sp³-hybridized carbons (Fsp3) is 0.462. The number of anilines is 1. The van der Waals surface area contributed by atoms with Crippen molar-refractivity contribution in [2.24, 2.45) is 5.92 Å². The zero-order valence-corrected chi connectivity index (χ0v) is 12.3. The maximum absolute atomic E-state index is 11.9. The summed E-state index contributed by atoms with van der Waals surface area (Å²) in [5.41, 5.74) is 0.626. The van der Waals surface area contributed by atoms with Gasteiger partial charge in [0.15, 0.2) is 0 Å². The molecule has 1 heterocycles. The Bertz CT molecular complexity index is 435. The van der Waals surface area contributed by atoms with Crippen LogP contribution in [0.2, 0.25) is 5.02 Å². The fourth-order valence-corrected chi connectivity index (χ4v) is 2.30. The van der Waals surface area contributed by atoms with Crippen LogP contribution in [0.25, 0.3) is 0 Å². The lowest BCUT2D eigenvalue weighted by atomic mass is 10.0. The van der Waals surface area contributed by atoms with E-state index in [1.54, 1.807) is 25.3 Å². The van der Waals surface area contributed by atoms with Crippen molar-refractivity contribution in [3.05, 3.63) is 23.2 Å². The number of hydrogen-bond donors (Lipinski definition) is 2. The van der Waals surface area contributed by atoms with Crippen LogP contribution in [-0.2, 0) is 4.79 Å². The molecular weight excluding hydrogens is 287 g/mol. The molecule has 1 amide bonds. The first-order chi connectivity index (χ1) is 8.69. The maximum Gasteiger partial charge on any atom is 0.224 e. The standard InChI is InChI=1S/C13H17ClN2O2.ClH/c1-18-12-3-2-10(14)7-11(12)16-13(17)6-9-4-5-15-8-9;/h2-3,7,9,15H,4-6,8H2,1H3,(H,16,17);1H. The molecule has 0 saturated carbocycles. The highest BCUT2D eigenvalue weighted by Gasteiger charge is 2.18. The molecule has 2 rings (SSSR count). The van der Waals surface area contributed by atoms with E-state index < -0.39 is 0 Å². The van der Waals surface area contributed by atoms with Gasteiger partial charge in [0.2, 0.25) is 5.91 Å². The smallest absolute Gasteiger partial charge is 0.224 e. The van der Waals surface area contributed by atoms with Crippen LogP contribution in [-0.4, -0.2) is 26.1 Å². The molecular formula is C13H18Cl2N2O2. The van der Waals surface area contributed by atoms with Gasteiger partial charge in [0.05, 0.1) is 12.8 Å². The lowest BCUT2D eigenvalue weighted by molar-refractivity contribution is -0.117. The monoisotopic (exact) mass is 304 g/mol. The molecule has 0 bridgehead atoms. The van der Waals surface area contributed by atoms with Crippen LogP contribution in [0, 0.1) is 5.92 Å². The molecule has 0 spiro atoms. The molecule has 1 aromatic rings. The Kier molecular flexibility index (Phi) is 6.42. The van der Waals surface area contributed by atoms with Gasteiger partial charge >= 0.3 is 0 Å². The van der Waals surface area contributed by atoms with Gasteiger partial charge < -0.3 is 15.4 Å². The molecule has 0 aliphatic carbocycles. The number of carbonyl (C=O) groups is 1. The third kappa shape index (κ3) is 4.56. The number of rotatable bonds is 4. The Morgan fingerprint density at radius 3 is 3.00 bits per heavy atom. The summed E-state index contributed by atoms with van der Waals surface area (Å²) < 4.78 is 5.19. The zero-order chi connectivity index (χ0) is 13.0. The van der Waals surface area contributed by atoms with Crippen molar-refractivity contribution in [3.63, 3.8) is 0 Å². The molecule has 1 aliphatic rings. The molecule has 0 aromatic heterocycles. The summed E-state index contributed by atoms with van der Waals surface area (Å²) in [6.07, 6.45) is 1.59. The highest BCUT2D eigenvalue weighted by Crippen LogP contribution is 2.28. The van der Waals surface area contributed by atoms with E-state index in [0.29, 0.717) is 28.8 Å². The quantitative estimate of drug-likeness (QED) is 0.899. The summed E-state index contributed by atoms with van der Waals surface area (Å²) in [6, 6.07) is 5.18. The first-order valence-electron chi connectivity index (χ1n) is 6.03. The Hall–Kier alpha value is -0.970. The lowest BCUT2D eigenvalue weighted by Crippen LogP contribution is -2.18. The van der Waals surface area contributed by atoms with Gasteiger partial charge in [-0.15, -0.1) is 12.4 Å². The van der Waals surface area contributed by atoms with E-state index in [9.17, 15) is 4.79 Å². The predicted octanol–water partition coefficient (Wildman–Crippen LogP) is 2.71. The Morgan fingerprint density at radius 1 is 1.58 bits per heavy atom. The number of amides is 1. The highest BCUT2D eigenvalue weighted by atomic mass is 35.5. The SMILES string of the molecule is COc1ccc(Cl)cc1NC(=O)CC1CCNC1.Cl.